The Bertz CT molecular complexity index is 982. The number of carbonyl (C=O) groups excluding carboxylic acids is 2. The van der Waals surface area contributed by atoms with Crippen LogP contribution in [0.4, 0.5) is 10.5 Å². The Morgan fingerprint density at radius 2 is 1.94 bits per heavy atom. The first-order valence-corrected chi connectivity index (χ1v) is 10.4. The van der Waals surface area contributed by atoms with Gasteiger partial charge in [-0.3, -0.25) is 9.59 Å². The summed E-state index contributed by atoms with van der Waals surface area (Å²) in [5.41, 5.74) is 3.58. The highest BCUT2D eigenvalue weighted by Gasteiger charge is 2.28. The minimum absolute atomic E-state index is 0.0221. The van der Waals surface area contributed by atoms with Gasteiger partial charge < -0.3 is 26.4 Å². The second-order valence-electron chi connectivity index (χ2n) is 7.44. The van der Waals surface area contributed by atoms with Crippen LogP contribution in [0.15, 0.2) is 42.5 Å². The normalized spacial score (nSPS) is 16.0. The number of nitrogens with one attached hydrogen (secondary N) is 4. The monoisotopic (exact) mass is 444 g/mol. The van der Waals surface area contributed by atoms with Gasteiger partial charge in [-0.2, -0.15) is 0 Å². The van der Waals surface area contributed by atoms with Crippen molar-refractivity contribution in [2.75, 3.05) is 11.9 Å². The lowest BCUT2D eigenvalue weighted by Crippen LogP contribution is -2.53. The van der Waals surface area contributed by atoms with Gasteiger partial charge in [0.1, 0.15) is 6.04 Å². The summed E-state index contributed by atoms with van der Waals surface area (Å²) in [6.07, 6.45) is -0.566. The number of rotatable bonds is 7. The van der Waals surface area contributed by atoms with Crippen molar-refractivity contribution in [3.63, 3.8) is 0 Å². The van der Waals surface area contributed by atoms with Gasteiger partial charge in [0.25, 0.3) is 0 Å². The first-order chi connectivity index (χ1) is 14.8. The molecule has 0 saturated carbocycles. The predicted molar refractivity (Wildman–Crippen MR) is 118 cm³/mol. The van der Waals surface area contributed by atoms with Crippen molar-refractivity contribution in [2.45, 2.75) is 38.4 Å². The second-order valence-corrected chi connectivity index (χ2v) is 7.85. The maximum Gasteiger partial charge on any atom is 0.404 e. The average molecular weight is 445 g/mol. The topological polar surface area (TPSA) is 120 Å². The number of carboxylic acid groups (broad SMARTS) is 1. The molecule has 1 aliphatic rings. The molecule has 5 N–H and O–H groups in total. The summed E-state index contributed by atoms with van der Waals surface area (Å²) < 4.78 is 0. The molecule has 9 heteroatoms. The van der Waals surface area contributed by atoms with Crippen molar-refractivity contribution >= 4 is 35.2 Å². The zero-order valence-corrected chi connectivity index (χ0v) is 17.8. The summed E-state index contributed by atoms with van der Waals surface area (Å²) in [5.74, 6) is -0.740. The lowest BCUT2D eigenvalue weighted by molar-refractivity contribution is -0.128. The van der Waals surface area contributed by atoms with Gasteiger partial charge in [0, 0.05) is 23.8 Å². The molecule has 0 aliphatic carbocycles. The van der Waals surface area contributed by atoms with E-state index >= 15 is 0 Å². The lowest BCUT2D eigenvalue weighted by Gasteiger charge is -2.27. The molecule has 1 aliphatic heterocycles. The molecule has 8 nitrogen and oxygen atoms in total. The van der Waals surface area contributed by atoms with Crippen molar-refractivity contribution in [1.82, 2.24) is 16.0 Å². The molecule has 2 aromatic carbocycles. The zero-order valence-electron chi connectivity index (χ0n) is 17.1. The standard InChI is InChI=1S/C22H25ClN4O4/c1-13-10-16(6-7-17(13)23)26-20(28)18(8-9-24-22(30)31)27-21(29)19-11-14-4-2-3-5-15(14)12-25-19/h2-7,10,18-19,24-25H,8-9,11-12H2,1H3,(H,26,28)(H,27,29)(H,30,31)/t18?,19-/m0/s1. The van der Waals surface area contributed by atoms with E-state index in [-0.39, 0.29) is 18.9 Å². The number of carbonyl (C=O) groups is 3. The maximum atomic E-state index is 12.9. The smallest absolute Gasteiger partial charge is 0.404 e. The van der Waals surface area contributed by atoms with Crippen molar-refractivity contribution < 1.29 is 19.5 Å². The van der Waals surface area contributed by atoms with Gasteiger partial charge in [-0.1, -0.05) is 35.9 Å². The summed E-state index contributed by atoms with van der Waals surface area (Å²) in [4.78, 5) is 36.5. The molecule has 0 spiro atoms. The van der Waals surface area contributed by atoms with Gasteiger partial charge in [0.05, 0.1) is 6.04 Å². The first-order valence-electron chi connectivity index (χ1n) is 9.98. The molecule has 0 bridgehead atoms. The zero-order chi connectivity index (χ0) is 22.4. The van der Waals surface area contributed by atoms with Gasteiger partial charge >= 0.3 is 6.09 Å². The van der Waals surface area contributed by atoms with E-state index in [1.54, 1.807) is 18.2 Å². The van der Waals surface area contributed by atoms with Crippen LogP contribution in [0.5, 0.6) is 0 Å². The van der Waals surface area contributed by atoms with Gasteiger partial charge in [0.2, 0.25) is 11.8 Å². The van der Waals surface area contributed by atoms with Crippen LogP contribution in [-0.2, 0) is 22.6 Å². The molecule has 2 aromatic rings. The minimum atomic E-state index is -1.19. The predicted octanol–water partition coefficient (Wildman–Crippen LogP) is 2.44. The minimum Gasteiger partial charge on any atom is -0.465 e. The van der Waals surface area contributed by atoms with E-state index in [9.17, 15) is 14.4 Å². The largest absolute Gasteiger partial charge is 0.465 e. The highest BCUT2D eigenvalue weighted by atomic mass is 35.5. The number of fused-ring (bicyclic) bond motifs is 1. The Labute approximate surface area is 185 Å². The van der Waals surface area contributed by atoms with E-state index in [1.165, 1.54) is 0 Å². The number of aryl methyl sites for hydroxylation is 1. The Hall–Kier alpha value is -3.10. The van der Waals surface area contributed by atoms with Gasteiger partial charge in [-0.15, -0.1) is 0 Å². The Balaban J connectivity index is 1.67. The summed E-state index contributed by atoms with van der Waals surface area (Å²) in [7, 11) is 0. The molecule has 3 amide bonds. The van der Waals surface area contributed by atoms with Gasteiger partial charge in [-0.25, -0.2) is 4.79 Å². The molecule has 0 saturated heterocycles. The number of halogens is 1. The molecule has 1 unspecified atom stereocenters. The molecule has 0 fully saturated rings. The third-order valence-corrected chi connectivity index (χ3v) is 5.59. The molecule has 3 rings (SSSR count). The Morgan fingerprint density at radius 3 is 2.65 bits per heavy atom. The van der Waals surface area contributed by atoms with E-state index in [0.717, 1.165) is 16.7 Å². The SMILES string of the molecule is Cc1cc(NC(=O)C(CCNC(=O)O)NC(=O)[C@@H]2Cc3ccccc3CN2)ccc1Cl. The molecular formula is C22H25ClN4O4. The van der Waals surface area contributed by atoms with Crippen LogP contribution >= 0.6 is 11.6 Å². The van der Waals surface area contributed by atoms with Crippen LogP contribution in [0.1, 0.15) is 23.1 Å². The van der Waals surface area contributed by atoms with Crippen LogP contribution in [0.3, 0.4) is 0 Å². The molecule has 0 aromatic heterocycles. The van der Waals surface area contributed by atoms with Crippen LogP contribution in [0.25, 0.3) is 0 Å². The first kappa shape index (κ1) is 22.6. The quantitative estimate of drug-likeness (QED) is 0.449. The number of anilines is 1. The van der Waals surface area contributed by atoms with E-state index < -0.39 is 24.1 Å². The summed E-state index contributed by atoms with van der Waals surface area (Å²) >= 11 is 6.03. The third kappa shape index (κ3) is 6.19. The van der Waals surface area contributed by atoms with Crippen molar-refractivity contribution in [3.05, 3.63) is 64.2 Å². The third-order valence-electron chi connectivity index (χ3n) is 5.17. The van der Waals surface area contributed by atoms with E-state index in [2.05, 4.69) is 21.3 Å². The Morgan fingerprint density at radius 1 is 1.19 bits per heavy atom. The molecule has 2 atom stereocenters. The fraction of sp³-hybridized carbons (Fsp3) is 0.318. The van der Waals surface area contributed by atoms with Crippen LogP contribution in [0.2, 0.25) is 5.02 Å². The Kier molecular flexibility index (Phi) is 7.49. The number of benzene rings is 2. The van der Waals surface area contributed by atoms with Crippen LogP contribution in [0, 0.1) is 6.92 Å². The highest BCUT2D eigenvalue weighted by molar-refractivity contribution is 6.31. The fourth-order valence-corrected chi connectivity index (χ4v) is 3.57. The molecule has 0 radical (unpaired) electrons. The lowest BCUT2D eigenvalue weighted by atomic mass is 9.95. The maximum absolute atomic E-state index is 12.9. The van der Waals surface area contributed by atoms with Crippen molar-refractivity contribution in [3.8, 4) is 0 Å². The number of hydrogen-bond acceptors (Lipinski definition) is 4. The molecule has 164 valence electrons. The number of hydrogen-bond donors (Lipinski definition) is 5. The van der Waals surface area contributed by atoms with E-state index in [4.69, 9.17) is 16.7 Å². The average Bonchev–Trinajstić information content (AvgIpc) is 2.75. The van der Waals surface area contributed by atoms with E-state index in [1.807, 2.05) is 31.2 Å². The molecule has 31 heavy (non-hydrogen) atoms. The van der Waals surface area contributed by atoms with Crippen molar-refractivity contribution in [2.24, 2.45) is 0 Å². The molecule has 1 heterocycles. The second kappa shape index (κ2) is 10.3. The summed E-state index contributed by atoms with van der Waals surface area (Å²) in [5, 5.41) is 20.3. The summed E-state index contributed by atoms with van der Waals surface area (Å²) in [6, 6.07) is 11.6. The van der Waals surface area contributed by atoms with Crippen LogP contribution < -0.4 is 21.3 Å². The van der Waals surface area contributed by atoms with Crippen molar-refractivity contribution in [1.29, 1.82) is 0 Å². The molecular weight excluding hydrogens is 420 g/mol. The highest BCUT2D eigenvalue weighted by Crippen LogP contribution is 2.20. The summed E-state index contributed by atoms with van der Waals surface area (Å²) in [6.45, 7) is 2.41. The number of amides is 3. The van der Waals surface area contributed by atoms with Crippen LogP contribution in [-0.4, -0.2) is 41.6 Å². The van der Waals surface area contributed by atoms with E-state index in [0.29, 0.717) is 23.7 Å². The van der Waals surface area contributed by atoms with Gasteiger partial charge in [-0.05, 0) is 54.7 Å². The fourth-order valence-electron chi connectivity index (χ4n) is 3.46. The van der Waals surface area contributed by atoms with Gasteiger partial charge in [0.15, 0.2) is 0 Å².